The number of primary amides is 1. The molecule has 1 fully saturated rings. The normalized spacial score (nSPS) is 18.8. The summed E-state index contributed by atoms with van der Waals surface area (Å²) in [5.74, 6) is -2.52. The third kappa shape index (κ3) is 2.29. The summed E-state index contributed by atoms with van der Waals surface area (Å²) in [5, 5.41) is 3.07. The number of halogens is 2. The van der Waals surface area contributed by atoms with Crippen LogP contribution in [0.4, 0.5) is 8.78 Å². The zero-order chi connectivity index (χ0) is 12.6. The lowest BCUT2D eigenvalue weighted by atomic mass is 9.91. The van der Waals surface area contributed by atoms with E-state index in [0.29, 0.717) is 5.56 Å². The van der Waals surface area contributed by atoms with Gasteiger partial charge in [-0.1, -0.05) is 6.07 Å². The first-order valence-corrected chi connectivity index (χ1v) is 5.46. The second-order valence-corrected chi connectivity index (χ2v) is 4.54. The molecular formula is C12H14F2N2O. The molecule has 1 unspecified atom stereocenters. The van der Waals surface area contributed by atoms with Gasteiger partial charge in [0.05, 0.1) is 0 Å². The molecule has 1 saturated carbocycles. The Bertz CT molecular complexity index is 460. The summed E-state index contributed by atoms with van der Waals surface area (Å²) in [6.45, 7) is 1.58. The molecule has 1 aromatic carbocycles. The van der Waals surface area contributed by atoms with Crippen LogP contribution in [0.2, 0.25) is 0 Å². The molecule has 92 valence electrons. The van der Waals surface area contributed by atoms with Crippen LogP contribution in [-0.2, 0) is 10.3 Å². The first-order chi connectivity index (χ1) is 7.93. The van der Waals surface area contributed by atoms with E-state index < -0.39 is 23.1 Å². The maximum atomic E-state index is 13.2. The fourth-order valence-corrected chi connectivity index (χ4v) is 1.74. The molecule has 3 N–H and O–H groups in total. The molecule has 0 spiro atoms. The monoisotopic (exact) mass is 240 g/mol. The van der Waals surface area contributed by atoms with Crippen molar-refractivity contribution in [3.63, 3.8) is 0 Å². The van der Waals surface area contributed by atoms with Crippen molar-refractivity contribution in [3.05, 3.63) is 35.4 Å². The fraction of sp³-hybridized carbons (Fsp3) is 0.417. The van der Waals surface area contributed by atoms with Crippen molar-refractivity contribution in [2.75, 3.05) is 0 Å². The van der Waals surface area contributed by atoms with E-state index in [4.69, 9.17) is 5.73 Å². The van der Waals surface area contributed by atoms with Gasteiger partial charge in [-0.15, -0.1) is 0 Å². The molecule has 0 saturated heterocycles. The van der Waals surface area contributed by atoms with Gasteiger partial charge in [-0.3, -0.25) is 10.1 Å². The largest absolute Gasteiger partial charge is 0.368 e. The summed E-state index contributed by atoms with van der Waals surface area (Å²) in [6, 6.07) is 3.61. The highest BCUT2D eigenvalue weighted by Crippen LogP contribution is 2.29. The number of amides is 1. The molecule has 1 aliphatic carbocycles. The van der Waals surface area contributed by atoms with Gasteiger partial charge in [0.1, 0.15) is 5.54 Å². The standard InChI is InChI=1S/C12H14F2N2O/c1-12(11(15)17,16-8-3-4-8)7-2-5-9(13)10(14)6-7/h2,5-6,8,16H,3-4H2,1H3,(H2,15,17). The van der Waals surface area contributed by atoms with Gasteiger partial charge in [-0.25, -0.2) is 8.78 Å². The summed E-state index contributed by atoms with van der Waals surface area (Å²) in [7, 11) is 0. The molecule has 17 heavy (non-hydrogen) atoms. The Balaban J connectivity index is 2.36. The third-order valence-electron chi connectivity index (χ3n) is 3.06. The average molecular weight is 240 g/mol. The SMILES string of the molecule is CC(NC1CC1)(C(N)=O)c1ccc(F)c(F)c1. The van der Waals surface area contributed by atoms with E-state index in [0.717, 1.165) is 25.0 Å². The van der Waals surface area contributed by atoms with Crippen molar-refractivity contribution in [2.45, 2.75) is 31.3 Å². The zero-order valence-electron chi connectivity index (χ0n) is 9.47. The lowest BCUT2D eigenvalue weighted by molar-refractivity contribution is -0.124. The summed E-state index contributed by atoms with van der Waals surface area (Å²) in [4.78, 5) is 11.5. The number of hydrogen-bond acceptors (Lipinski definition) is 2. The Morgan fingerprint density at radius 2 is 2.06 bits per heavy atom. The maximum Gasteiger partial charge on any atom is 0.242 e. The molecule has 1 atom stereocenters. The minimum atomic E-state index is -1.16. The molecule has 3 nitrogen and oxygen atoms in total. The van der Waals surface area contributed by atoms with Crippen LogP contribution < -0.4 is 11.1 Å². The van der Waals surface area contributed by atoms with Crippen LogP contribution in [0.3, 0.4) is 0 Å². The van der Waals surface area contributed by atoms with E-state index in [9.17, 15) is 13.6 Å². The summed E-state index contributed by atoms with van der Waals surface area (Å²) < 4.78 is 26.0. The predicted octanol–water partition coefficient (Wildman–Crippen LogP) is 1.42. The number of rotatable bonds is 4. The van der Waals surface area contributed by atoms with Gasteiger partial charge in [0, 0.05) is 6.04 Å². The average Bonchev–Trinajstić information content (AvgIpc) is 3.05. The van der Waals surface area contributed by atoms with E-state index in [-0.39, 0.29) is 6.04 Å². The zero-order valence-corrected chi connectivity index (χ0v) is 9.47. The molecule has 0 aromatic heterocycles. The van der Waals surface area contributed by atoms with Gasteiger partial charge >= 0.3 is 0 Å². The van der Waals surface area contributed by atoms with Crippen LogP contribution in [0.15, 0.2) is 18.2 Å². The Hall–Kier alpha value is -1.49. The number of hydrogen-bond donors (Lipinski definition) is 2. The minimum absolute atomic E-state index is 0.223. The smallest absolute Gasteiger partial charge is 0.242 e. The number of nitrogens with one attached hydrogen (secondary N) is 1. The molecular weight excluding hydrogens is 226 g/mol. The second-order valence-electron chi connectivity index (χ2n) is 4.54. The van der Waals surface area contributed by atoms with Gasteiger partial charge in [0.15, 0.2) is 11.6 Å². The van der Waals surface area contributed by atoms with E-state index >= 15 is 0 Å². The molecule has 5 heteroatoms. The van der Waals surface area contributed by atoms with Crippen molar-refractivity contribution < 1.29 is 13.6 Å². The number of carbonyl (C=O) groups is 1. The van der Waals surface area contributed by atoms with Crippen LogP contribution in [-0.4, -0.2) is 11.9 Å². The van der Waals surface area contributed by atoms with E-state index in [2.05, 4.69) is 5.32 Å². The Kier molecular flexibility index (Phi) is 2.87. The van der Waals surface area contributed by atoms with Crippen molar-refractivity contribution in [2.24, 2.45) is 5.73 Å². The fourth-order valence-electron chi connectivity index (χ4n) is 1.74. The van der Waals surface area contributed by atoms with Crippen molar-refractivity contribution in [1.82, 2.24) is 5.32 Å². The maximum absolute atomic E-state index is 13.2. The lowest BCUT2D eigenvalue weighted by Crippen LogP contribution is -2.51. The van der Waals surface area contributed by atoms with Crippen LogP contribution in [0, 0.1) is 11.6 Å². The summed E-state index contributed by atoms with van der Waals surface area (Å²) in [5.41, 5.74) is 4.54. The summed E-state index contributed by atoms with van der Waals surface area (Å²) >= 11 is 0. The summed E-state index contributed by atoms with van der Waals surface area (Å²) in [6.07, 6.45) is 1.93. The molecule has 2 rings (SSSR count). The minimum Gasteiger partial charge on any atom is -0.368 e. The predicted molar refractivity (Wildman–Crippen MR) is 59.1 cm³/mol. The van der Waals surface area contributed by atoms with E-state index in [1.165, 1.54) is 6.07 Å². The molecule has 1 aliphatic rings. The first kappa shape index (κ1) is 12.0. The highest BCUT2D eigenvalue weighted by atomic mass is 19.2. The first-order valence-electron chi connectivity index (χ1n) is 5.46. The molecule has 0 radical (unpaired) electrons. The Morgan fingerprint density at radius 3 is 2.53 bits per heavy atom. The van der Waals surface area contributed by atoms with Gasteiger partial charge in [0.2, 0.25) is 5.91 Å². The molecule has 0 aliphatic heterocycles. The topological polar surface area (TPSA) is 55.1 Å². The van der Waals surface area contributed by atoms with Crippen molar-refractivity contribution in [3.8, 4) is 0 Å². The quantitative estimate of drug-likeness (QED) is 0.836. The molecule has 0 heterocycles. The third-order valence-corrected chi connectivity index (χ3v) is 3.06. The number of nitrogens with two attached hydrogens (primary N) is 1. The van der Waals surface area contributed by atoms with Gasteiger partial charge in [-0.2, -0.15) is 0 Å². The van der Waals surface area contributed by atoms with Gasteiger partial charge in [0.25, 0.3) is 0 Å². The van der Waals surface area contributed by atoms with E-state index in [1.54, 1.807) is 6.92 Å². The number of benzene rings is 1. The van der Waals surface area contributed by atoms with Crippen molar-refractivity contribution in [1.29, 1.82) is 0 Å². The van der Waals surface area contributed by atoms with Crippen LogP contribution in [0.25, 0.3) is 0 Å². The van der Waals surface area contributed by atoms with Crippen LogP contribution in [0.1, 0.15) is 25.3 Å². The van der Waals surface area contributed by atoms with E-state index in [1.807, 2.05) is 0 Å². The Labute approximate surface area is 98.0 Å². The molecule has 1 amide bonds. The van der Waals surface area contributed by atoms with Crippen LogP contribution in [0.5, 0.6) is 0 Å². The highest BCUT2D eigenvalue weighted by molar-refractivity contribution is 5.85. The van der Waals surface area contributed by atoms with Gasteiger partial charge in [-0.05, 0) is 37.5 Å². The molecule has 0 bridgehead atoms. The van der Waals surface area contributed by atoms with Crippen molar-refractivity contribution >= 4 is 5.91 Å². The lowest BCUT2D eigenvalue weighted by Gasteiger charge is -2.28. The Morgan fingerprint density at radius 1 is 1.41 bits per heavy atom. The highest BCUT2D eigenvalue weighted by Gasteiger charge is 2.38. The van der Waals surface area contributed by atoms with Crippen LogP contribution >= 0.6 is 0 Å². The molecule has 1 aromatic rings. The van der Waals surface area contributed by atoms with Gasteiger partial charge < -0.3 is 5.73 Å². The second kappa shape index (κ2) is 4.07. The number of carbonyl (C=O) groups excluding carboxylic acids is 1.